The van der Waals surface area contributed by atoms with Gasteiger partial charge in [-0.2, -0.15) is 0 Å². The first kappa shape index (κ1) is 14.6. The van der Waals surface area contributed by atoms with E-state index in [1.165, 1.54) is 6.42 Å². The van der Waals surface area contributed by atoms with E-state index in [0.29, 0.717) is 17.5 Å². The van der Waals surface area contributed by atoms with Crippen molar-refractivity contribution in [2.75, 3.05) is 0 Å². The van der Waals surface area contributed by atoms with E-state index in [-0.39, 0.29) is 8.41 Å². The molecule has 0 heterocycles. The minimum atomic E-state index is -0.340. The van der Waals surface area contributed by atoms with Crippen LogP contribution in [0.3, 0.4) is 0 Å². The van der Waals surface area contributed by atoms with Gasteiger partial charge in [-0.25, -0.2) is 0 Å². The summed E-state index contributed by atoms with van der Waals surface area (Å²) in [5.41, 5.74) is 0.397. The molecule has 0 radical (unpaired) electrons. The van der Waals surface area contributed by atoms with Crippen LogP contribution in [-0.2, 0) is 0 Å². The summed E-state index contributed by atoms with van der Waals surface area (Å²) in [5, 5.41) is 5.43. The third-order valence-corrected chi connectivity index (χ3v) is 4.97. The van der Waals surface area contributed by atoms with Crippen LogP contribution in [0.25, 0.3) is 0 Å². The van der Waals surface area contributed by atoms with Crippen molar-refractivity contribution in [3.8, 4) is 0 Å². The van der Waals surface area contributed by atoms with Gasteiger partial charge < -0.3 is 5.32 Å². The van der Waals surface area contributed by atoms with Gasteiger partial charge in [0.2, 0.25) is 0 Å². The highest BCUT2D eigenvalue weighted by Crippen LogP contribution is 2.20. The van der Waals surface area contributed by atoms with Crippen molar-refractivity contribution >= 4 is 13.6 Å². The van der Waals surface area contributed by atoms with Crippen molar-refractivity contribution < 1.29 is 0 Å². The second-order valence-electron chi connectivity index (χ2n) is 6.45. The molecule has 0 saturated carbocycles. The van der Waals surface area contributed by atoms with Crippen molar-refractivity contribution in [1.82, 2.24) is 5.32 Å². The molecule has 2 heteroatoms. The Labute approximate surface area is 108 Å². The van der Waals surface area contributed by atoms with Gasteiger partial charge in [0.1, 0.15) is 0 Å². The zero-order chi connectivity index (χ0) is 13.1. The van der Waals surface area contributed by atoms with Crippen LogP contribution in [0.15, 0.2) is 24.3 Å². The molecule has 0 spiro atoms. The Balaban J connectivity index is 2.68. The molecule has 1 nitrogen and oxygen atoms in total. The minimum Gasteiger partial charge on any atom is -0.301 e. The third kappa shape index (κ3) is 5.13. The van der Waals surface area contributed by atoms with Crippen LogP contribution < -0.4 is 5.32 Å². The fourth-order valence-corrected chi connectivity index (χ4v) is 4.10. The molecule has 96 valence electrons. The molecule has 1 rings (SSSR count). The van der Waals surface area contributed by atoms with Crippen LogP contribution in [0.2, 0.25) is 13.1 Å². The van der Waals surface area contributed by atoms with Gasteiger partial charge >= 0.3 is 0 Å². The van der Waals surface area contributed by atoms with Crippen LogP contribution in [-0.4, -0.2) is 25.7 Å². The fourth-order valence-electron chi connectivity index (χ4n) is 2.27. The van der Waals surface area contributed by atoms with Crippen LogP contribution in [0.4, 0.5) is 0 Å². The van der Waals surface area contributed by atoms with Crippen LogP contribution in [0.1, 0.15) is 34.1 Å². The highest BCUT2D eigenvalue weighted by atomic mass is 28.2. The van der Waals surface area contributed by atoms with Crippen molar-refractivity contribution in [3.63, 3.8) is 0 Å². The first-order chi connectivity index (χ1) is 7.79. The lowest BCUT2D eigenvalue weighted by atomic mass is 9.88. The molecule has 1 atom stereocenters. The quantitative estimate of drug-likeness (QED) is 0.753. The maximum atomic E-state index is 3.70. The Morgan fingerprint density at radius 3 is 2.18 bits per heavy atom. The largest absolute Gasteiger partial charge is 0.301 e. The smallest absolute Gasteiger partial charge is 0.0446 e. The topological polar surface area (TPSA) is 12.0 Å². The van der Waals surface area contributed by atoms with Gasteiger partial charge in [0.05, 0.1) is 0 Å². The lowest BCUT2D eigenvalue weighted by molar-refractivity contribution is 0.428. The van der Waals surface area contributed by atoms with E-state index in [2.05, 4.69) is 70.4 Å². The molecular weight excluding hydrogens is 222 g/mol. The summed E-state index contributed by atoms with van der Waals surface area (Å²) in [5.74, 6) is 0. The molecule has 0 fully saturated rings. The summed E-state index contributed by atoms with van der Waals surface area (Å²) in [7, 11) is -0.340. The molecule has 0 aromatic rings. The fraction of sp³-hybridized carbons (Fsp3) is 0.667. The Hall–Kier alpha value is -0.473. The number of nitrogens with one attached hydrogen (secondary N) is 1. The first-order valence-corrected chi connectivity index (χ1v) is 9.07. The maximum absolute atomic E-state index is 3.70. The molecule has 1 aliphatic rings. The summed E-state index contributed by atoms with van der Waals surface area (Å²) in [6.45, 7) is 14.1. The van der Waals surface area contributed by atoms with Gasteiger partial charge in [0.15, 0.2) is 0 Å². The summed E-state index contributed by atoms with van der Waals surface area (Å²) >= 11 is 0. The highest BCUT2D eigenvalue weighted by Gasteiger charge is 2.19. The van der Waals surface area contributed by atoms with Crippen LogP contribution >= 0.6 is 0 Å². The van der Waals surface area contributed by atoms with Gasteiger partial charge in [0, 0.05) is 20.5 Å². The van der Waals surface area contributed by atoms with E-state index in [4.69, 9.17) is 0 Å². The Kier molecular flexibility index (Phi) is 5.08. The van der Waals surface area contributed by atoms with E-state index < -0.39 is 0 Å². The van der Waals surface area contributed by atoms with Gasteiger partial charge in [-0.15, -0.1) is 0 Å². The lowest BCUT2D eigenvalue weighted by Crippen LogP contribution is -2.43. The molecule has 1 unspecified atom stereocenters. The van der Waals surface area contributed by atoms with E-state index in [1.54, 1.807) is 5.17 Å². The van der Waals surface area contributed by atoms with E-state index >= 15 is 0 Å². The molecular formula is C15H27NSi. The van der Waals surface area contributed by atoms with Gasteiger partial charge in [-0.3, -0.25) is 0 Å². The first-order valence-electron chi connectivity index (χ1n) is 6.57. The molecule has 1 aliphatic carbocycles. The Morgan fingerprint density at radius 2 is 1.76 bits per heavy atom. The Bertz CT molecular complexity index is 328. The third-order valence-electron chi connectivity index (χ3n) is 3.08. The average molecular weight is 249 g/mol. The zero-order valence-corrected chi connectivity index (χ0v) is 13.2. The maximum Gasteiger partial charge on any atom is 0.0446 e. The van der Waals surface area contributed by atoms with Crippen molar-refractivity contribution in [3.05, 3.63) is 24.3 Å². The molecule has 17 heavy (non-hydrogen) atoms. The lowest BCUT2D eigenvalue weighted by Gasteiger charge is -2.28. The van der Waals surface area contributed by atoms with Crippen LogP contribution in [0.5, 0.6) is 0 Å². The van der Waals surface area contributed by atoms with E-state index in [9.17, 15) is 0 Å². The number of hydrogen-bond acceptors (Lipinski definition) is 1. The SMILES string of the molecule is CC(NC1C=CC=C1)C(CC(C)(C)C)=[Si](C)C. The Morgan fingerprint density at radius 1 is 1.24 bits per heavy atom. The molecule has 0 aliphatic heterocycles. The second kappa shape index (κ2) is 5.92. The average Bonchev–Trinajstić information content (AvgIpc) is 2.64. The van der Waals surface area contributed by atoms with Gasteiger partial charge in [-0.05, 0) is 18.8 Å². The summed E-state index contributed by atoms with van der Waals surface area (Å²) in [6, 6.07) is 0.955. The van der Waals surface area contributed by atoms with Crippen molar-refractivity contribution in [2.24, 2.45) is 5.41 Å². The molecule has 0 amide bonds. The minimum absolute atomic E-state index is 0.340. The predicted molar refractivity (Wildman–Crippen MR) is 81.2 cm³/mol. The molecule has 1 N–H and O–H groups in total. The number of rotatable bonds is 4. The van der Waals surface area contributed by atoms with E-state index in [1.807, 2.05) is 0 Å². The zero-order valence-electron chi connectivity index (χ0n) is 12.2. The molecule has 0 bridgehead atoms. The summed E-state index contributed by atoms with van der Waals surface area (Å²) in [6.07, 6.45) is 9.93. The second-order valence-corrected chi connectivity index (χ2v) is 9.09. The predicted octanol–water partition coefficient (Wildman–Crippen LogP) is 3.40. The standard InChI is InChI=1S/C15H27NSi/c1-12(16-13-9-7-8-10-13)14(17(5)6)11-15(2,3)4/h7-10,12-13,16H,11H2,1-6H3. The van der Waals surface area contributed by atoms with E-state index in [0.717, 1.165) is 0 Å². The molecule has 0 saturated heterocycles. The van der Waals surface area contributed by atoms with Crippen molar-refractivity contribution in [2.45, 2.75) is 59.3 Å². The van der Waals surface area contributed by atoms with Crippen LogP contribution in [0, 0.1) is 5.41 Å². The highest BCUT2D eigenvalue weighted by molar-refractivity contribution is 6.69. The van der Waals surface area contributed by atoms with Gasteiger partial charge in [-0.1, -0.05) is 63.3 Å². The molecule has 0 aromatic carbocycles. The molecule has 0 aromatic heterocycles. The van der Waals surface area contributed by atoms with Crippen molar-refractivity contribution in [1.29, 1.82) is 0 Å². The summed E-state index contributed by atoms with van der Waals surface area (Å²) in [4.78, 5) is 0. The number of hydrogen-bond donors (Lipinski definition) is 1. The normalized spacial score (nSPS) is 17.5. The summed E-state index contributed by atoms with van der Waals surface area (Å²) < 4.78 is 0. The number of allylic oxidation sites excluding steroid dienone is 2. The van der Waals surface area contributed by atoms with Gasteiger partial charge in [0.25, 0.3) is 0 Å². The monoisotopic (exact) mass is 249 g/mol.